The van der Waals surface area contributed by atoms with Crippen LogP contribution in [0.4, 0.5) is 5.69 Å². The van der Waals surface area contributed by atoms with Crippen LogP contribution in [0, 0.1) is 6.92 Å². The Labute approximate surface area is 99.5 Å². The van der Waals surface area contributed by atoms with Crippen molar-refractivity contribution in [1.82, 2.24) is 5.32 Å². The molecule has 0 aliphatic heterocycles. The van der Waals surface area contributed by atoms with Crippen LogP contribution in [-0.4, -0.2) is 19.6 Å². The minimum absolute atomic E-state index is 0.998. The third-order valence-electron chi connectivity index (χ3n) is 2.77. The van der Waals surface area contributed by atoms with Crippen molar-refractivity contribution in [3.05, 3.63) is 29.3 Å². The van der Waals surface area contributed by atoms with E-state index in [0.717, 1.165) is 26.1 Å². The first-order valence-corrected chi connectivity index (χ1v) is 6.32. The minimum Gasteiger partial charge on any atom is -0.383 e. The summed E-state index contributed by atoms with van der Waals surface area (Å²) < 4.78 is 0. The zero-order valence-corrected chi connectivity index (χ0v) is 10.8. The average molecular weight is 220 g/mol. The molecule has 2 nitrogen and oxygen atoms in total. The van der Waals surface area contributed by atoms with Crippen LogP contribution in [0.2, 0.25) is 0 Å². The van der Waals surface area contributed by atoms with Gasteiger partial charge in [0.1, 0.15) is 0 Å². The summed E-state index contributed by atoms with van der Waals surface area (Å²) in [5, 5.41) is 6.93. The van der Waals surface area contributed by atoms with Crippen LogP contribution in [0.1, 0.15) is 31.4 Å². The van der Waals surface area contributed by atoms with Crippen molar-refractivity contribution in [2.45, 2.75) is 33.6 Å². The number of hydrogen-bond donors (Lipinski definition) is 2. The van der Waals surface area contributed by atoms with Crippen molar-refractivity contribution >= 4 is 5.69 Å². The molecule has 0 bridgehead atoms. The van der Waals surface area contributed by atoms with E-state index in [1.807, 2.05) is 0 Å². The number of para-hydroxylation sites is 1. The third-order valence-corrected chi connectivity index (χ3v) is 2.77. The fourth-order valence-corrected chi connectivity index (χ4v) is 1.85. The summed E-state index contributed by atoms with van der Waals surface area (Å²) in [4.78, 5) is 0. The van der Waals surface area contributed by atoms with Crippen LogP contribution in [0.25, 0.3) is 0 Å². The average Bonchev–Trinajstić information content (AvgIpc) is 2.30. The Hall–Kier alpha value is -1.02. The maximum atomic E-state index is 3.53. The monoisotopic (exact) mass is 220 g/mol. The fraction of sp³-hybridized carbons (Fsp3) is 0.571. The van der Waals surface area contributed by atoms with Gasteiger partial charge in [-0.3, -0.25) is 0 Å². The highest BCUT2D eigenvalue weighted by atomic mass is 14.9. The molecule has 0 aliphatic carbocycles. The van der Waals surface area contributed by atoms with E-state index in [-0.39, 0.29) is 0 Å². The molecule has 1 aromatic carbocycles. The lowest BCUT2D eigenvalue weighted by Gasteiger charge is -2.14. The lowest BCUT2D eigenvalue weighted by atomic mass is 10.1. The van der Waals surface area contributed by atoms with E-state index in [0.29, 0.717) is 0 Å². The molecule has 1 aromatic rings. The first kappa shape index (κ1) is 13.0. The minimum atomic E-state index is 0.998. The lowest BCUT2D eigenvalue weighted by Crippen LogP contribution is -2.23. The van der Waals surface area contributed by atoms with Crippen molar-refractivity contribution in [3.63, 3.8) is 0 Å². The van der Waals surface area contributed by atoms with Gasteiger partial charge < -0.3 is 10.6 Å². The molecule has 0 radical (unpaired) electrons. The quantitative estimate of drug-likeness (QED) is 0.690. The molecule has 0 atom stereocenters. The lowest BCUT2D eigenvalue weighted by molar-refractivity contribution is 0.687. The number of anilines is 1. The predicted octanol–water partition coefficient (Wildman–Crippen LogP) is 2.97. The number of nitrogens with one attached hydrogen (secondary N) is 2. The molecule has 0 aromatic heterocycles. The van der Waals surface area contributed by atoms with Gasteiger partial charge >= 0.3 is 0 Å². The number of aryl methyl sites for hydroxylation is 2. The molecule has 0 saturated heterocycles. The Morgan fingerprint density at radius 3 is 2.56 bits per heavy atom. The Kier molecular flexibility index (Phi) is 5.94. The van der Waals surface area contributed by atoms with E-state index in [4.69, 9.17) is 0 Å². The molecule has 0 unspecified atom stereocenters. The molecule has 0 saturated carbocycles. The Morgan fingerprint density at radius 1 is 1.06 bits per heavy atom. The summed E-state index contributed by atoms with van der Waals surface area (Å²) in [6.07, 6.45) is 2.29. The largest absolute Gasteiger partial charge is 0.383 e. The van der Waals surface area contributed by atoms with Crippen molar-refractivity contribution in [2.75, 3.05) is 25.0 Å². The molecule has 2 N–H and O–H groups in total. The Morgan fingerprint density at radius 2 is 1.88 bits per heavy atom. The highest BCUT2D eigenvalue weighted by molar-refractivity contribution is 5.57. The molecular weight excluding hydrogens is 196 g/mol. The number of rotatable bonds is 7. The summed E-state index contributed by atoms with van der Waals surface area (Å²) in [5.74, 6) is 0. The maximum absolute atomic E-state index is 3.53. The van der Waals surface area contributed by atoms with E-state index in [1.165, 1.54) is 23.2 Å². The summed E-state index contributed by atoms with van der Waals surface area (Å²) in [6.45, 7) is 9.70. The van der Waals surface area contributed by atoms with E-state index in [9.17, 15) is 0 Å². The van der Waals surface area contributed by atoms with Gasteiger partial charge in [0.05, 0.1) is 0 Å². The van der Waals surface area contributed by atoms with E-state index < -0.39 is 0 Å². The standard InChI is InChI=1S/C14H24N2/c1-4-9-15-10-11-16-14-12(3)7-6-8-13(14)5-2/h6-8,15-16H,4-5,9-11H2,1-3H3. The van der Waals surface area contributed by atoms with Crippen LogP contribution in [-0.2, 0) is 6.42 Å². The SMILES string of the molecule is CCCNCCNc1c(C)cccc1CC. The van der Waals surface area contributed by atoms with E-state index >= 15 is 0 Å². The summed E-state index contributed by atoms with van der Waals surface area (Å²) >= 11 is 0. The number of hydrogen-bond acceptors (Lipinski definition) is 2. The van der Waals surface area contributed by atoms with Crippen LogP contribution < -0.4 is 10.6 Å². The normalized spacial score (nSPS) is 10.4. The molecule has 1 rings (SSSR count). The molecule has 0 spiro atoms. The van der Waals surface area contributed by atoms with Gasteiger partial charge in [0.15, 0.2) is 0 Å². The van der Waals surface area contributed by atoms with Gasteiger partial charge in [0.25, 0.3) is 0 Å². The summed E-state index contributed by atoms with van der Waals surface area (Å²) in [7, 11) is 0. The van der Waals surface area contributed by atoms with Crippen LogP contribution in [0.5, 0.6) is 0 Å². The van der Waals surface area contributed by atoms with Gasteiger partial charge in [0.2, 0.25) is 0 Å². The molecule has 16 heavy (non-hydrogen) atoms. The second-order valence-corrected chi connectivity index (χ2v) is 4.14. The van der Waals surface area contributed by atoms with E-state index in [2.05, 4.69) is 49.6 Å². The fourth-order valence-electron chi connectivity index (χ4n) is 1.85. The molecule has 90 valence electrons. The maximum Gasteiger partial charge on any atom is 0.0402 e. The zero-order chi connectivity index (χ0) is 11.8. The van der Waals surface area contributed by atoms with Crippen LogP contribution >= 0.6 is 0 Å². The molecule has 2 heteroatoms. The summed E-state index contributed by atoms with van der Waals surface area (Å²) in [6, 6.07) is 6.50. The van der Waals surface area contributed by atoms with Crippen LogP contribution in [0.3, 0.4) is 0 Å². The van der Waals surface area contributed by atoms with Crippen molar-refractivity contribution in [3.8, 4) is 0 Å². The van der Waals surface area contributed by atoms with Crippen molar-refractivity contribution in [1.29, 1.82) is 0 Å². The smallest absolute Gasteiger partial charge is 0.0402 e. The molecular formula is C14H24N2. The van der Waals surface area contributed by atoms with Gasteiger partial charge in [0, 0.05) is 18.8 Å². The van der Waals surface area contributed by atoms with Gasteiger partial charge in [-0.1, -0.05) is 32.0 Å². The third kappa shape index (κ3) is 3.86. The van der Waals surface area contributed by atoms with Crippen molar-refractivity contribution < 1.29 is 0 Å². The van der Waals surface area contributed by atoms with Crippen molar-refractivity contribution in [2.24, 2.45) is 0 Å². The second kappa shape index (κ2) is 7.29. The van der Waals surface area contributed by atoms with E-state index in [1.54, 1.807) is 0 Å². The Balaban J connectivity index is 2.46. The number of benzene rings is 1. The van der Waals surface area contributed by atoms with Gasteiger partial charge in [-0.2, -0.15) is 0 Å². The van der Waals surface area contributed by atoms with Gasteiger partial charge in [-0.05, 0) is 37.4 Å². The second-order valence-electron chi connectivity index (χ2n) is 4.14. The zero-order valence-electron chi connectivity index (χ0n) is 10.8. The highest BCUT2D eigenvalue weighted by Gasteiger charge is 2.02. The first-order valence-electron chi connectivity index (χ1n) is 6.32. The van der Waals surface area contributed by atoms with Crippen LogP contribution in [0.15, 0.2) is 18.2 Å². The predicted molar refractivity (Wildman–Crippen MR) is 72.2 cm³/mol. The molecule has 0 amide bonds. The molecule has 0 aliphatic rings. The van der Waals surface area contributed by atoms with Gasteiger partial charge in [-0.25, -0.2) is 0 Å². The molecule has 0 heterocycles. The Bertz CT molecular complexity index is 308. The molecule has 0 fully saturated rings. The summed E-state index contributed by atoms with van der Waals surface area (Å²) in [5.41, 5.74) is 4.08. The topological polar surface area (TPSA) is 24.1 Å². The first-order chi connectivity index (χ1) is 7.79. The highest BCUT2D eigenvalue weighted by Crippen LogP contribution is 2.20. The van der Waals surface area contributed by atoms with Gasteiger partial charge in [-0.15, -0.1) is 0 Å².